The molecule has 0 aliphatic carbocycles. The Morgan fingerprint density at radius 2 is 0.198 bits per heavy atom. The van der Waals surface area contributed by atoms with Crippen LogP contribution in [0.5, 0.6) is 0 Å². The molecule has 3 heterocycles. The van der Waals surface area contributed by atoms with Crippen molar-refractivity contribution in [2.75, 3.05) is 29.4 Å². The van der Waals surface area contributed by atoms with Gasteiger partial charge in [-0.2, -0.15) is 0 Å². The summed E-state index contributed by atoms with van der Waals surface area (Å²) < 4.78 is 0. The number of hydrogen-bond donors (Lipinski definition) is 0. The predicted octanol–water partition coefficient (Wildman–Crippen LogP) is 22.3. The zero-order valence-electron chi connectivity index (χ0n) is 52.0. The van der Waals surface area contributed by atoms with Crippen molar-refractivity contribution in [1.82, 2.24) is 29.9 Å². The third-order valence-electron chi connectivity index (χ3n) is 16.7. The van der Waals surface area contributed by atoms with Crippen molar-refractivity contribution >= 4 is 136 Å². The zero-order chi connectivity index (χ0) is 64.0. The van der Waals surface area contributed by atoms with Gasteiger partial charge >= 0.3 is 0 Å². The summed E-state index contributed by atoms with van der Waals surface area (Å²) in [6, 6.07) is 124. The molecule has 0 aliphatic rings. The van der Waals surface area contributed by atoms with Crippen LogP contribution < -0.4 is 29.4 Å². The normalized spacial score (nSPS) is 11.1. The number of hydrogen-bond acceptors (Lipinski definition) is 12. The number of rotatable bonds is 18. The molecule has 0 amide bonds. The highest BCUT2D eigenvalue weighted by molar-refractivity contribution is 6.21. The molecule has 0 N–H and O–H groups in total. The second kappa shape index (κ2) is 26.1. The summed E-state index contributed by atoms with van der Waals surface area (Å²) in [5, 5.41) is 0. The van der Waals surface area contributed by atoms with E-state index >= 15 is 0 Å². The molecule has 96 heavy (non-hydrogen) atoms. The van der Waals surface area contributed by atoms with Crippen molar-refractivity contribution in [3.8, 4) is 0 Å². The van der Waals surface area contributed by atoms with Gasteiger partial charge in [0.2, 0.25) is 0 Å². The summed E-state index contributed by atoms with van der Waals surface area (Å²) in [6.45, 7) is 0. The van der Waals surface area contributed by atoms with Gasteiger partial charge in [0.15, 0.2) is 34.9 Å². The van der Waals surface area contributed by atoms with Crippen LogP contribution in [0.3, 0.4) is 0 Å². The van der Waals surface area contributed by atoms with Gasteiger partial charge in [0.25, 0.3) is 0 Å². The van der Waals surface area contributed by atoms with Gasteiger partial charge in [-0.3, -0.25) is 29.4 Å². The van der Waals surface area contributed by atoms with E-state index in [9.17, 15) is 0 Å². The first-order valence-corrected chi connectivity index (χ1v) is 31.9. The molecule has 0 radical (unpaired) electrons. The molecule has 16 aromatic rings. The van der Waals surface area contributed by atoms with Crippen LogP contribution in [0.15, 0.2) is 364 Å². The van der Waals surface area contributed by atoms with Gasteiger partial charge in [-0.1, -0.05) is 218 Å². The molecular formula is C84H60N12. The second-order valence-corrected chi connectivity index (χ2v) is 22.7. The molecule has 3 aromatic heterocycles. The van der Waals surface area contributed by atoms with Crippen molar-refractivity contribution in [3.63, 3.8) is 0 Å². The molecule has 0 fully saturated rings. The number of nitrogens with zero attached hydrogens (tertiary/aromatic N) is 12. The minimum atomic E-state index is 0.434. The zero-order valence-corrected chi connectivity index (χ0v) is 52.0. The fourth-order valence-electron chi connectivity index (χ4n) is 12.4. The van der Waals surface area contributed by atoms with Crippen LogP contribution in [0.1, 0.15) is 0 Å². The topological polar surface area (TPSA) is 96.8 Å². The summed E-state index contributed by atoms with van der Waals surface area (Å²) in [7, 11) is 0. The quantitative estimate of drug-likeness (QED) is 0.0766. The van der Waals surface area contributed by atoms with Crippen molar-refractivity contribution < 1.29 is 0 Å². The lowest BCUT2D eigenvalue weighted by Gasteiger charge is -2.33. The largest absolute Gasteiger partial charge is 0.292 e. The molecular weight excluding hydrogens is 1180 g/mol. The highest BCUT2D eigenvalue weighted by Crippen LogP contribution is 2.51. The minimum Gasteiger partial charge on any atom is -0.292 e. The van der Waals surface area contributed by atoms with E-state index in [1.54, 1.807) is 0 Å². The summed E-state index contributed by atoms with van der Waals surface area (Å²) in [5.41, 5.74) is 12.9. The third-order valence-corrected chi connectivity index (χ3v) is 16.7. The van der Waals surface area contributed by atoms with Gasteiger partial charge in [0.05, 0.1) is 0 Å². The predicted molar refractivity (Wildman–Crippen MR) is 394 cm³/mol. The van der Waals surface area contributed by atoms with Gasteiger partial charge < -0.3 is 0 Å². The second-order valence-electron chi connectivity index (χ2n) is 22.7. The Morgan fingerprint density at radius 3 is 0.281 bits per heavy atom. The van der Waals surface area contributed by atoms with Crippen LogP contribution in [-0.2, 0) is 0 Å². The summed E-state index contributed by atoms with van der Waals surface area (Å²) in [5.74, 6) is 3.07. The SMILES string of the molecule is c1ccc(N(c2ccccc2)c2nc3c4nc(N(c5ccccc5)c5ccccc5)c(N(c5ccccc5)c5ccccc5)nc4c4nc(N(c5ccccc5)c5ccccc5)c(N(c5ccccc5)c5ccccc5)nc4c3nc2N(c2ccccc2)c2ccccc2)cc1. The van der Waals surface area contributed by atoms with Crippen LogP contribution >= 0.6 is 0 Å². The van der Waals surface area contributed by atoms with E-state index in [0.29, 0.717) is 68.0 Å². The highest BCUT2D eigenvalue weighted by Gasteiger charge is 2.34. The van der Waals surface area contributed by atoms with Crippen molar-refractivity contribution in [1.29, 1.82) is 0 Å². The minimum absolute atomic E-state index is 0.434. The van der Waals surface area contributed by atoms with E-state index in [2.05, 4.69) is 321 Å². The van der Waals surface area contributed by atoms with E-state index in [4.69, 9.17) is 29.9 Å². The van der Waals surface area contributed by atoms with Crippen molar-refractivity contribution in [2.24, 2.45) is 0 Å². The lowest BCUT2D eigenvalue weighted by atomic mass is 10.1. The van der Waals surface area contributed by atoms with Gasteiger partial charge in [-0.05, 0) is 146 Å². The summed E-state index contributed by atoms with van der Waals surface area (Å²) in [6.07, 6.45) is 0. The van der Waals surface area contributed by atoms with Crippen molar-refractivity contribution in [3.05, 3.63) is 364 Å². The third kappa shape index (κ3) is 11.1. The molecule has 13 aromatic carbocycles. The van der Waals surface area contributed by atoms with Crippen LogP contribution in [0.4, 0.5) is 103 Å². The number of para-hydroxylation sites is 12. The first-order chi connectivity index (χ1) is 47.7. The Labute approximate surface area is 556 Å². The van der Waals surface area contributed by atoms with Gasteiger partial charge in [0, 0.05) is 68.2 Å². The molecule has 12 nitrogen and oxygen atoms in total. The van der Waals surface area contributed by atoms with Crippen LogP contribution in [0, 0.1) is 0 Å². The maximum absolute atomic E-state index is 6.15. The maximum atomic E-state index is 6.15. The van der Waals surface area contributed by atoms with Crippen molar-refractivity contribution in [2.45, 2.75) is 0 Å². The van der Waals surface area contributed by atoms with Crippen LogP contribution in [0.2, 0.25) is 0 Å². The Balaban J connectivity index is 1.16. The van der Waals surface area contributed by atoms with Gasteiger partial charge in [0.1, 0.15) is 33.1 Å². The number of benzene rings is 13. The average Bonchev–Trinajstić information content (AvgIpc) is 0.707. The monoisotopic (exact) mass is 1240 g/mol. The van der Waals surface area contributed by atoms with E-state index in [1.807, 2.05) is 72.8 Å². The molecule has 12 heteroatoms. The fraction of sp³-hybridized carbons (Fsp3) is 0. The summed E-state index contributed by atoms with van der Waals surface area (Å²) >= 11 is 0. The van der Waals surface area contributed by atoms with E-state index in [1.165, 1.54) is 0 Å². The first-order valence-electron chi connectivity index (χ1n) is 31.9. The Hall–Kier alpha value is -13.3. The standard InChI is InChI=1S/C84H60N12/c1-13-37-61(38-14-1)91(62-39-15-2-16-40-62)79-80(92(63-41-17-3-18-42-63)64-43-19-4-20-44-64)86-74-73(85-79)75-77(89-82(94(67-49-25-7-26-50-67)68-51-27-8-28-52-68)81(87-75)93(65-45-21-5-22-46-65)66-47-23-6-24-48-66)78-76(74)88-83(95(69-53-29-9-30-54-69)70-55-31-10-32-56-70)84(90-78)96(71-57-33-11-34-58-71)72-59-35-12-36-60-72/h1-60H. The molecule has 0 atom stereocenters. The van der Waals surface area contributed by atoms with E-state index in [-0.39, 0.29) is 0 Å². The average molecular weight is 1240 g/mol. The molecule has 16 rings (SSSR count). The van der Waals surface area contributed by atoms with Gasteiger partial charge in [-0.25, -0.2) is 29.9 Å². The molecule has 0 spiro atoms. The molecule has 456 valence electrons. The van der Waals surface area contributed by atoms with Crippen LogP contribution in [-0.4, -0.2) is 29.9 Å². The molecule has 0 unspecified atom stereocenters. The van der Waals surface area contributed by atoms with Gasteiger partial charge in [-0.15, -0.1) is 0 Å². The fourth-order valence-corrected chi connectivity index (χ4v) is 12.4. The lowest BCUT2D eigenvalue weighted by Crippen LogP contribution is -2.22. The number of aromatic nitrogens is 6. The van der Waals surface area contributed by atoms with Crippen LogP contribution in [0.25, 0.3) is 33.1 Å². The summed E-state index contributed by atoms with van der Waals surface area (Å²) in [4.78, 5) is 50.0. The number of anilines is 18. The first kappa shape index (κ1) is 57.8. The smallest absolute Gasteiger partial charge is 0.182 e. The molecule has 0 saturated heterocycles. The molecule has 0 saturated carbocycles. The lowest BCUT2D eigenvalue weighted by molar-refractivity contribution is 1.10. The Bertz CT molecular complexity index is 4150. The van der Waals surface area contributed by atoms with E-state index in [0.717, 1.165) is 68.2 Å². The maximum Gasteiger partial charge on any atom is 0.182 e. The van der Waals surface area contributed by atoms with E-state index < -0.39 is 0 Å². The molecule has 0 bridgehead atoms. The Morgan fingerprint density at radius 1 is 0.115 bits per heavy atom. The Kier molecular flexibility index (Phi) is 15.7. The number of fused-ring (bicyclic) bond motifs is 6. The molecule has 0 aliphatic heterocycles. The highest BCUT2D eigenvalue weighted by atomic mass is 15.3.